The molecular formula is C15H16N4O. The molecule has 0 bridgehead atoms. The maximum Gasteiger partial charge on any atom is 0.147 e. The van der Waals surface area contributed by atoms with Crippen LogP contribution in [-0.4, -0.2) is 28.0 Å². The van der Waals surface area contributed by atoms with Crippen molar-refractivity contribution in [1.29, 1.82) is 0 Å². The minimum atomic E-state index is 0.589. The highest BCUT2D eigenvalue weighted by molar-refractivity contribution is 5.77. The van der Waals surface area contributed by atoms with Gasteiger partial charge in [-0.2, -0.15) is 0 Å². The van der Waals surface area contributed by atoms with E-state index in [2.05, 4.69) is 9.97 Å². The molecule has 0 unspecified atom stereocenters. The Hall–Kier alpha value is -2.40. The predicted octanol–water partition coefficient (Wildman–Crippen LogP) is 1.91. The molecule has 0 saturated carbocycles. The molecule has 0 aliphatic heterocycles. The number of aromatic nitrogens is 3. The lowest BCUT2D eigenvalue weighted by Gasteiger charge is -2.05. The topological polar surface area (TPSA) is 65.4 Å². The average Bonchev–Trinajstić information content (AvgIpc) is 2.90. The lowest BCUT2D eigenvalue weighted by atomic mass is 10.1. The van der Waals surface area contributed by atoms with Gasteiger partial charge in [-0.1, -0.05) is 12.1 Å². The molecule has 3 aromatic rings. The first kappa shape index (κ1) is 12.6. The smallest absolute Gasteiger partial charge is 0.147 e. The fraction of sp³-hybridized carbons (Fsp3) is 0.200. The number of rotatable bonds is 4. The molecule has 0 aliphatic carbocycles. The first-order valence-electron chi connectivity index (χ1n) is 6.48. The van der Waals surface area contributed by atoms with E-state index in [-0.39, 0.29) is 0 Å². The van der Waals surface area contributed by atoms with Crippen molar-refractivity contribution in [3.63, 3.8) is 0 Å². The number of methoxy groups -OCH3 is 1. The molecule has 20 heavy (non-hydrogen) atoms. The average molecular weight is 268 g/mol. The Morgan fingerprint density at radius 3 is 3.05 bits per heavy atom. The number of hydrogen-bond donors (Lipinski definition) is 1. The van der Waals surface area contributed by atoms with E-state index in [1.807, 2.05) is 41.1 Å². The third-order valence-corrected chi connectivity index (χ3v) is 3.20. The van der Waals surface area contributed by atoms with E-state index >= 15 is 0 Å². The Labute approximate surface area is 117 Å². The first-order chi connectivity index (χ1) is 9.81. The van der Waals surface area contributed by atoms with Crippen LogP contribution in [-0.2, 0) is 6.42 Å². The molecule has 0 saturated heterocycles. The molecule has 0 spiro atoms. The fourth-order valence-electron chi connectivity index (χ4n) is 2.23. The van der Waals surface area contributed by atoms with Crippen LogP contribution in [0, 0.1) is 0 Å². The van der Waals surface area contributed by atoms with E-state index in [0.29, 0.717) is 6.54 Å². The van der Waals surface area contributed by atoms with Crippen molar-refractivity contribution in [3.05, 3.63) is 48.7 Å². The van der Waals surface area contributed by atoms with Gasteiger partial charge in [0.25, 0.3) is 0 Å². The Kier molecular flexibility index (Phi) is 3.35. The van der Waals surface area contributed by atoms with E-state index in [1.54, 1.807) is 13.4 Å². The summed E-state index contributed by atoms with van der Waals surface area (Å²) in [7, 11) is 1.66. The van der Waals surface area contributed by atoms with Gasteiger partial charge in [0.2, 0.25) is 0 Å². The Morgan fingerprint density at radius 2 is 2.25 bits per heavy atom. The van der Waals surface area contributed by atoms with Crippen LogP contribution in [0.4, 0.5) is 0 Å². The molecule has 0 radical (unpaired) electrons. The molecule has 3 rings (SSSR count). The second-order valence-electron chi connectivity index (χ2n) is 4.54. The zero-order valence-electron chi connectivity index (χ0n) is 11.3. The number of imidazole rings is 1. The summed E-state index contributed by atoms with van der Waals surface area (Å²) in [5.41, 5.74) is 9.47. The van der Waals surface area contributed by atoms with E-state index in [9.17, 15) is 0 Å². The molecule has 0 atom stereocenters. The maximum absolute atomic E-state index is 5.59. The predicted molar refractivity (Wildman–Crippen MR) is 77.7 cm³/mol. The third-order valence-electron chi connectivity index (χ3n) is 3.20. The monoisotopic (exact) mass is 268 g/mol. The molecular weight excluding hydrogens is 252 g/mol. The summed E-state index contributed by atoms with van der Waals surface area (Å²) in [6, 6.07) is 7.88. The second kappa shape index (κ2) is 5.30. The van der Waals surface area contributed by atoms with Crippen molar-refractivity contribution in [2.75, 3.05) is 13.7 Å². The molecule has 2 N–H and O–H groups in total. The van der Waals surface area contributed by atoms with Gasteiger partial charge in [-0.25, -0.2) is 9.97 Å². The van der Waals surface area contributed by atoms with Gasteiger partial charge >= 0.3 is 0 Å². The maximum atomic E-state index is 5.59. The summed E-state index contributed by atoms with van der Waals surface area (Å²) in [5, 5.41) is 0. The van der Waals surface area contributed by atoms with Crippen LogP contribution in [0.15, 0.2) is 43.0 Å². The summed E-state index contributed by atoms with van der Waals surface area (Å²) in [6.45, 7) is 0.589. The van der Waals surface area contributed by atoms with Crippen molar-refractivity contribution in [2.24, 2.45) is 5.73 Å². The number of hydrogen-bond acceptors (Lipinski definition) is 4. The second-order valence-corrected chi connectivity index (χ2v) is 4.54. The van der Waals surface area contributed by atoms with Crippen molar-refractivity contribution in [2.45, 2.75) is 6.42 Å². The van der Waals surface area contributed by atoms with E-state index in [1.165, 1.54) is 0 Å². The third kappa shape index (κ3) is 2.23. The minimum Gasteiger partial charge on any atom is -0.497 e. The number of nitrogens with zero attached hydrogens (tertiary/aromatic N) is 3. The van der Waals surface area contributed by atoms with Crippen LogP contribution in [0.1, 0.15) is 5.69 Å². The Balaban J connectivity index is 2.14. The van der Waals surface area contributed by atoms with Gasteiger partial charge < -0.3 is 10.5 Å². The highest BCUT2D eigenvalue weighted by Crippen LogP contribution is 2.26. The lowest BCUT2D eigenvalue weighted by molar-refractivity contribution is 0.415. The van der Waals surface area contributed by atoms with Gasteiger partial charge in [-0.05, 0) is 24.2 Å². The van der Waals surface area contributed by atoms with Crippen LogP contribution >= 0.6 is 0 Å². The van der Waals surface area contributed by atoms with Gasteiger partial charge in [0.05, 0.1) is 12.8 Å². The number of benzene rings is 1. The zero-order valence-corrected chi connectivity index (χ0v) is 11.3. The van der Waals surface area contributed by atoms with Crippen LogP contribution in [0.3, 0.4) is 0 Å². The van der Waals surface area contributed by atoms with Gasteiger partial charge in [0.15, 0.2) is 0 Å². The van der Waals surface area contributed by atoms with Gasteiger partial charge in [0.1, 0.15) is 17.7 Å². The van der Waals surface area contributed by atoms with Gasteiger partial charge in [-0.15, -0.1) is 0 Å². The highest BCUT2D eigenvalue weighted by atomic mass is 16.5. The summed E-state index contributed by atoms with van der Waals surface area (Å²) in [4.78, 5) is 8.91. The first-order valence-corrected chi connectivity index (χ1v) is 6.48. The fourth-order valence-corrected chi connectivity index (χ4v) is 2.23. The van der Waals surface area contributed by atoms with Crippen LogP contribution in [0.5, 0.6) is 5.75 Å². The molecule has 0 amide bonds. The van der Waals surface area contributed by atoms with E-state index < -0.39 is 0 Å². The summed E-state index contributed by atoms with van der Waals surface area (Å²) in [6.07, 6.45) is 6.31. The molecule has 1 aromatic carbocycles. The quantitative estimate of drug-likeness (QED) is 0.785. The number of fused-ring (bicyclic) bond motifs is 1. The molecule has 0 fully saturated rings. The summed E-state index contributed by atoms with van der Waals surface area (Å²) < 4.78 is 7.20. The molecule has 5 heteroatoms. The van der Waals surface area contributed by atoms with Crippen LogP contribution in [0.2, 0.25) is 0 Å². The summed E-state index contributed by atoms with van der Waals surface area (Å²) >= 11 is 0. The standard InChI is InChI=1S/C15H16N4O/c1-20-13-4-2-3-11(7-13)14-8-17-10-19-9-12(5-6-16)18-15(14)19/h2-4,7-10H,5-6,16H2,1H3. The highest BCUT2D eigenvalue weighted by Gasteiger charge is 2.09. The molecule has 2 aromatic heterocycles. The van der Waals surface area contributed by atoms with Gasteiger partial charge in [0, 0.05) is 24.4 Å². The zero-order chi connectivity index (χ0) is 13.9. The van der Waals surface area contributed by atoms with Crippen molar-refractivity contribution in [3.8, 4) is 16.9 Å². The lowest BCUT2D eigenvalue weighted by Crippen LogP contribution is -2.02. The minimum absolute atomic E-state index is 0.589. The number of ether oxygens (including phenoxy) is 1. The molecule has 102 valence electrons. The largest absolute Gasteiger partial charge is 0.497 e. The molecule has 5 nitrogen and oxygen atoms in total. The molecule has 0 aliphatic rings. The van der Waals surface area contributed by atoms with E-state index in [0.717, 1.165) is 34.6 Å². The van der Waals surface area contributed by atoms with E-state index in [4.69, 9.17) is 10.5 Å². The van der Waals surface area contributed by atoms with Crippen LogP contribution in [0.25, 0.3) is 16.8 Å². The number of nitrogens with two attached hydrogens (primary N) is 1. The van der Waals surface area contributed by atoms with Crippen LogP contribution < -0.4 is 10.5 Å². The summed E-state index contributed by atoms with van der Waals surface area (Å²) in [5.74, 6) is 0.818. The SMILES string of the molecule is COc1cccc(-c2cncn3cc(CCN)nc23)c1. The molecule has 2 heterocycles. The Bertz CT molecular complexity index is 736. The van der Waals surface area contributed by atoms with Crippen molar-refractivity contribution < 1.29 is 4.74 Å². The normalized spacial score (nSPS) is 10.9. The van der Waals surface area contributed by atoms with Crippen molar-refractivity contribution >= 4 is 5.65 Å². The Morgan fingerprint density at radius 1 is 1.35 bits per heavy atom. The van der Waals surface area contributed by atoms with Gasteiger partial charge in [-0.3, -0.25) is 4.40 Å². The van der Waals surface area contributed by atoms with Crippen molar-refractivity contribution in [1.82, 2.24) is 14.4 Å².